The van der Waals surface area contributed by atoms with Crippen molar-refractivity contribution in [3.8, 4) is 5.75 Å². The third kappa shape index (κ3) is 2.84. The molecule has 2 heterocycles. The van der Waals surface area contributed by atoms with Gasteiger partial charge < -0.3 is 10.5 Å². The monoisotopic (exact) mass is 372 g/mol. The van der Waals surface area contributed by atoms with E-state index in [2.05, 4.69) is 5.43 Å². The van der Waals surface area contributed by atoms with Crippen molar-refractivity contribution in [2.75, 3.05) is 5.43 Å². The highest BCUT2D eigenvalue weighted by Crippen LogP contribution is 2.41. The molecule has 4 rings (SSSR count). The normalized spacial score (nSPS) is 15.7. The minimum absolute atomic E-state index is 0.300. The molecule has 0 saturated heterocycles. The molecule has 0 bridgehead atoms. The minimum Gasteiger partial charge on any atom is -0.503 e. The van der Waals surface area contributed by atoms with Crippen molar-refractivity contribution < 1.29 is 13.9 Å². The zero-order valence-electron chi connectivity index (χ0n) is 13.4. The van der Waals surface area contributed by atoms with Gasteiger partial charge in [0.05, 0.1) is 12.2 Å². The lowest BCUT2D eigenvalue weighted by Gasteiger charge is -2.24. The van der Waals surface area contributed by atoms with Crippen LogP contribution >= 0.6 is 11.8 Å². The number of nitrogens with one attached hydrogen (secondary N) is 1. The second kappa shape index (κ2) is 6.49. The van der Waals surface area contributed by atoms with E-state index in [1.165, 1.54) is 34.9 Å². The summed E-state index contributed by atoms with van der Waals surface area (Å²) in [5.74, 6) is -1.82. The lowest BCUT2D eigenvalue weighted by Crippen LogP contribution is -2.24. The molecule has 0 aliphatic carbocycles. The van der Waals surface area contributed by atoms with Crippen molar-refractivity contribution in [2.45, 2.75) is 16.7 Å². The van der Waals surface area contributed by atoms with Crippen LogP contribution in [0.25, 0.3) is 0 Å². The smallest absolute Gasteiger partial charge is 0.223 e. The van der Waals surface area contributed by atoms with Gasteiger partial charge in [-0.25, -0.2) is 8.78 Å². The summed E-state index contributed by atoms with van der Waals surface area (Å²) in [6.07, 6.45) is 2.73. The molecule has 0 fully saturated rings. The van der Waals surface area contributed by atoms with Crippen LogP contribution in [0.5, 0.6) is 5.75 Å². The third-order valence-electron chi connectivity index (χ3n) is 4.32. The molecule has 7 heteroatoms. The number of benzene rings is 2. The number of halogens is 2. The Kier molecular flexibility index (Phi) is 4.16. The molecule has 4 nitrogen and oxygen atoms in total. The number of thioether (sulfide) groups is 1. The average molecular weight is 372 g/mol. The van der Waals surface area contributed by atoms with Crippen LogP contribution in [-0.4, -0.2) is 9.78 Å². The standard InChI is InChI=1S/C19H14F2N2O2S/c20-14-6-5-11-13(18(14)21)10-26-17-4-2-1-3-12(17)19(11)22-23-8-7-15(24)16(25)9-23/h1-9,19,22,25H,10H2. The highest BCUT2D eigenvalue weighted by atomic mass is 32.2. The summed E-state index contributed by atoms with van der Waals surface area (Å²) in [6, 6.07) is 11.0. The fraction of sp³-hybridized carbons (Fsp3) is 0.105. The van der Waals surface area contributed by atoms with Crippen molar-refractivity contribution in [3.63, 3.8) is 0 Å². The number of nitrogens with zero attached hydrogens (tertiary/aromatic N) is 1. The van der Waals surface area contributed by atoms with Gasteiger partial charge in [-0.1, -0.05) is 24.3 Å². The summed E-state index contributed by atoms with van der Waals surface area (Å²) in [5.41, 5.74) is 4.48. The Morgan fingerprint density at radius 2 is 1.92 bits per heavy atom. The van der Waals surface area contributed by atoms with Gasteiger partial charge in [-0.05, 0) is 23.3 Å². The van der Waals surface area contributed by atoms with Gasteiger partial charge >= 0.3 is 0 Å². The van der Waals surface area contributed by atoms with E-state index in [4.69, 9.17) is 0 Å². The van der Waals surface area contributed by atoms with Crippen LogP contribution < -0.4 is 10.9 Å². The SMILES string of the molecule is O=c1ccn(NC2c3ccccc3SCc3c2ccc(F)c3F)cc1O. The maximum absolute atomic E-state index is 14.4. The summed E-state index contributed by atoms with van der Waals surface area (Å²) in [5, 5.41) is 9.67. The molecule has 26 heavy (non-hydrogen) atoms. The number of pyridine rings is 1. The van der Waals surface area contributed by atoms with Crippen LogP contribution in [0.1, 0.15) is 22.7 Å². The first-order valence-corrected chi connectivity index (χ1v) is 8.89. The molecular weight excluding hydrogens is 358 g/mol. The number of hydrogen-bond acceptors (Lipinski definition) is 4. The fourth-order valence-corrected chi connectivity index (χ4v) is 4.15. The fourth-order valence-electron chi connectivity index (χ4n) is 3.03. The number of rotatable bonds is 2. The molecule has 0 amide bonds. The molecule has 0 saturated carbocycles. The maximum atomic E-state index is 14.4. The Morgan fingerprint density at radius 1 is 1.12 bits per heavy atom. The van der Waals surface area contributed by atoms with Crippen LogP contribution in [-0.2, 0) is 5.75 Å². The second-order valence-electron chi connectivity index (χ2n) is 5.92. The molecule has 3 aromatic rings. The van der Waals surface area contributed by atoms with Crippen molar-refractivity contribution in [1.82, 2.24) is 4.68 Å². The Morgan fingerprint density at radius 3 is 2.73 bits per heavy atom. The van der Waals surface area contributed by atoms with Gasteiger partial charge in [-0.3, -0.25) is 9.47 Å². The molecule has 2 aromatic carbocycles. The molecule has 132 valence electrons. The zero-order valence-corrected chi connectivity index (χ0v) is 14.3. The van der Waals surface area contributed by atoms with E-state index in [0.29, 0.717) is 16.9 Å². The molecular formula is C19H14F2N2O2S. The van der Waals surface area contributed by atoms with Gasteiger partial charge in [-0.15, -0.1) is 11.8 Å². The van der Waals surface area contributed by atoms with Gasteiger partial charge in [0.2, 0.25) is 5.43 Å². The van der Waals surface area contributed by atoms with E-state index < -0.39 is 28.9 Å². The first-order valence-electron chi connectivity index (χ1n) is 7.91. The average Bonchev–Trinajstić information content (AvgIpc) is 2.79. The van der Waals surface area contributed by atoms with Crippen LogP contribution in [0, 0.1) is 11.6 Å². The first-order chi connectivity index (χ1) is 12.5. The third-order valence-corrected chi connectivity index (χ3v) is 5.44. The summed E-state index contributed by atoms with van der Waals surface area (Å²) >= 11 is 1.44. The van der Waals surface area contributed by atoms with Crippen molar-refractivity contribution >= 4 is 11.8 Å². The summed E-state index contributed by atoms with van der Waals surface area (Å²) in [7, 11) is 0. The number of hydrogen-bond donors (Lipinski definition) is 2. The molecule has 1 unspecified atom stereocenters. The Balaban J connectivity index is 1.87. The highest BCUT2D eigenvalue weighted by Gasteiger charge is 2.27. The summed E-state index contributed by atoms with van der Waals surface area (Å²) < 4.78 is 29.6. The lowest BCUT2D eigenvalue weighted by atomic mass is 9.95. The van der Waals surface area contributed by atoms with Gasteiger partial charge in [0.1, 0.15) is 0 Å². The number of fused-ring (bicyclic) bond motifs is 2. The Labute approximate surface area is 152 Å². The zero-order chi connectivity index (χ0) is 18.3. The Hall–Kier alpha value is -2.80. The summed E-state index contributed by atoms with van der Waals surface area (Å²) in [4.78, 5) is 12.4. The van der Waals surface area contributed by atoms with Crippen molar-refractivity contribution in [1.29, 1.82) is 0 Å². The molecule has 2 N–H and O–H groups in total. The van der Waals surface area contributed by atoms with Crippen molar-refractivity contribution in [2.24, 2.45) is 0 Å². The molecule has 1 atom stereocenters. The minimum atomic E-state index is -0.880. The molecule has 0 spiro atoms. The van der Waals surface area contributed by atoms with E-state index >= 15 is 0 Å². The molecule has 0 radical (unpaired) electrons. The second-order valence-corrected chi connectivity index (χ2v) is 6.94. The van der Waals surface area contributed by atoms with Gasteiger partial charge in [0.15, 0.2) is 17.4 Å². The van der Waals surface area contributed by atoms with Crippen LogP contribution in [0.2, 0.25) is 0 Å². The molecule has 1 aliphatic rings. The Bertz CT molecular complexity index is 1050. The molecule has 1 aliphatic heterocycles. The van der Waals surface area contributed by atoms with Crippen LogP contribution in [0.4, 0.5) is 8.78 Å². The van der Waals surface area contributed by atoms with Crippen molar-refractivity contribution in [3.05, 3.63) is 93.4 Å². The largest absolute Gasteiger partial charge is 0.503 e. The summed E-state index contributed by atoms with van der Waals surface area (Å²) in [6.45, 7) is 0. The predicted octanol–water partition coefficient (Wildman–Crippen LogP) is 3.77. The lowest BCUT2D eigenvalue weighted by molar-refractivity contribution is 0.463. The topological polar surface area (TPSA) is 54.3 Å². The van der Waals surface area contributed by atoms with Gasteiger partial charge in [0.25, 0.3) is 0 Å². The number of aromatic hydroxyl groups is 1. The highest BCUT2D eigenvalue weighted by molar-refractivity contribution is 7.98. The van der Waals surface area contributed by atoms with E-state index in [-0.39, 0.29) is 0 Å². The van der Waals surface area contributed by atoms with Gasteiger partial charge in [0, 0.05) is 28.5 Å². The van der Waals surface area contributed by atoms with E-state index in [1.807, 2.05) is 24.3 Å². The number of aromatic nitrogens is 1. The van der Waals surface area contributed by atoms with E-state index in [9.17, 15) is 18.7 Å². The van der Waals surface area contributed by atoms with E-state index in [0.717, 1.165) is 16.5 Å². The van der Waals surface area contributed by atoms with E-state index in [1.54, 1.807) is 6.07 Å². The quantitative estimate of drug-likeness (QED) is 0.719. The predicted molar refractivity (Wildman–Crippen MR) is 95.9 cm³/mol. The molecule has 1 aromatic heterocycles. The van der Waals surface area contributed by atoms with Crippen LogP contribution in [0.15, 0.2) is 64.5 Å². The first kappa shape index (κ1) is 16.7. The van der Waals surface area contributed by atoms with Crippen LogP contribution in [0.3, 0.4) is 0 Å². The maximum Gasteiger partial charge on any atom is 0.223 e. The van der Waals surface area contributed by atoms with Gasteiger partial charge in [-0.2, -0.15) is 0 Å².